The number of likely N-dealkylation sites (N-methyl/N-ethyl adjacent to an activating group) is 1. The fourth-order valence-electron chi connectivity index (χ4n) is 4.69. The summed E-state index contributed by atoms with van der Waals surface area (Å²) in [4.78, 5) is 4.25. The van der Waals surface area contributed by atoms with Gasteiger partial charge < -0.3 is 14.7 Å². The van der Waals surface area contributed by atoms with E-state index in [1.165, 1.54) is 0 Å². The summed E-state index contributed by atoms with van der Waals surface area (Å²) < 4.78 is 6.02. The van der Waals surface area contributed by atoms with Crippen LogP contribution in [0.4, 0.5) is 0 Å². The van der Waals surface area contributed by atoms with Crippen LogP contribution in [0.25, 0.3) is 0 Å². The molecule has 5 heteroatoms. The van der Waals surface area contributed by atoms with E-state index in [0.717, 1.165) is 18.4 Å². The third kappa shape index (κ3) is 2.06. The Bertz CT molecular complexity index is 623. The lowest BCUT2D eigenvalue weighted by Gasteiger charge is -2.59. The molecule has 3 aliphatic heterocycles. The maximum Gasteiger partial charge on any atom is 0.143 e. The first-order valence-corrected chi connectivity index (χ1v) is 8.37. The minimum absolute atomic E-state index is 0.0380. The van der Waals surface area contributed by atoms with Crippen LogP contribution < -0.4 is 0 Å². The van der Waals surface area contributed by atoms with Crippen molar-refractivity contribution in [3.05, 3.63) is 35.9 Å². The topological polar surface area (TPSA) is 59.7 Å². The van der Waals surface area contributed by atoms with Crippen molar-refractivity contribution in [2.75, 3.05) is 26.7 Å². The molecule has 0 aromatic heterocycles. The van der Waals surface area contributed by atoms with Gasteiger partial charge in [-0.15, -0.1) is 0 Å². The molecule has 0 bridgehead atoms. The molecule has 0 saturated carbocycles. The highest BCUT2D eigenvalue weighted by molar-refractivity contribution is 5.30. The average Bonchev–Trinajstić information content (AvgIpc) is 2.98. The Hall–Kier alpha value is -1.45. The van der Waals surface area contributed by atoms with Crippen LogP contribution in [0.5, 0.6) is 0 Å². The molecule has 4 rings (SSSR count). The van der Waals surface area contributed by atoms with E-state index < -0.39 is 11.1 Å². The Labute approximate surface area is 137 Å². The van der Waals surface area contributed by atoms with Gasteiger partial charge in [-0.1, -0.05) is 30.3 Å². The van der Waals surface area contributed by atoms with Gasteiger partial charge in [0.15, 0.2) is 0 Å². The monoisotopic (exact) mass is 313 g/mol. The molecular formula is C18H23N3O2. The molecule has 3 fully saturated rings. The predicted octanol–water partition coefficient (Wildman–Crippen LogP) is 1.51. The van der Waals surface area contributed by atoms with Crippen LogP contribution in [0.3, 0.4) is 0 Å². The highest BCUT2D eigenvalue weighted by atomic mass is 16.5. The number of β-amino-alcohol motifs (C(OH)–C–C–N with tert-alkyl or cyclic N) is 1. The van der Waals surface area contributed by atoms with Crippen LogP contribution in [0, 0.1) is 11.3 Å². The summed E-state index contributed by atoms with van der Waals surface area (Å²) in [5.74, 6) is 0. The lowest BCUT2D eigenvalue weighted by Crippen LogP contribution is -2.77. The van der Waals surface area contributed by atoms with E-state index >= 15 is 0 Å². The van der Waals surface area contributed by atoms with Gasteiger partial charge in [0.2, 0.25) is 0 Å². The summed E-state index contributed by atoms with van der Waals surface area (Å²) >= 11 is 0. The molecule has 1 aromatic carbocycles. The summed E-state index contributed by atoms with van der Waals surface area (Å²) in [7, 11) is 1.98. The maximum absolute atomic E-state index is 11.2. The minimum Gasteiger partial charge on any atom is -0.384 e. The third-order valence-electron chi connectivity index (χ3n) is 5.73. The van der Waals surface area contributed by atoms with E-state index in [9.17, 15) is 10.4 Å². The highest BCUT2D eigenvalue weighted by Gasteiger charge is 2.65. The first-order chi connectivity index (χ1) is 11.1. The van der Waals surface area contributed by atoms with Crippen molar-refractivity contribution in [2.45, 2.75) is 42.7 Å². The standard InChI is InChI=1S/C18H23N3O2/c1-20-12-18(22,13-20)17(11-19)9-5-8-16-21(17)15(10-23-16)14-6-3-2-4-7-14/h2-4,6-7,15-16,22H,5,8-10,12-13H2,1H3/t15-,16-,17-/m1/s1. The Morgan fingerprint density at radius 3 is 2.70 bits per heavy atom. The number of likely N-dealkylation sites (tertiary alicyclic amines) is 1. The van der Waals surface area contributed by atoms with E-state index in [0.29, 0.717) is 26.1 Å². The van der Waals surface area contributed by atoms with Gasteiger partial charge in [0.25, 0.3) is 0 Å². The molecule has 3 aliphatic rings. The fraction of sp³-hybridized carbons (Fsp3) is 0.611. The summed E-state index contributed by atoms with van der Waals surface area (Å²) in [6, 6.07) is 12.8. The second kappa shape index (κ2) is 5.29. The Kier molecular flexibility index (Phi) is 3.47. The number of nitriles is 1. The van der Waals surface area contributed by atoms with E-state index in [-0.39, 0.29) is 12.3 Å². The summed E-state index contributed by atoms with van der Waals surface area (Å²) in [6.45, 7) is 1.68. The second-order valence-corrected chi connectivity index (χ2v) is 7.19. The number of hydrogen-bond acceptors (Lipinski definition) is 5. The van der Waals surface area contributed by atoms with Crippen molar-refractivity contribution < 1.29 is 9.84 Å². The number of ether oxygens (including phenoxy) is 1. The van der Waals surface area contributed by atoms with Crippen molar-refractivity contribution in [2.24, 2.45) is 0 Å². The normalized spacial score (nSPS) is 36.9. The maximum atomic E-state index is 11.2. The molecule has 3 heterocycles. The van der Waals surface area contributed by atoms with Crippen molar-refractivity contribution in [3.63, 3.8) is 0 Å². The lowest BCUT2D eigenvalue weighted by atomic mass is 9.68. The Morgan fingerprint density at radius 1 is 1.30 bits per heavy atom. The zero-order chi connectivity index (χ0) is 16.1. The molecule has 0 spiro atoms. The largest absolute Gasteiger partial charge is 0.384 e. The van der Waals surface area contributed by atoms with Crippen LogP contribution in [0.1, 0.15) is 30.9 Å². The van der Waals surface area contributed by atoms with Crippen molar-refractivity contribution in [1.29, 1.82) is 5.26 Å². The molecule has 5 nitrogen and oxygen atoms in total. The SMILES string of the molecule is CN1CC(O)([C@]2(C#N)CCC[C@H]3OC[C@H](c4ccccc4)N32)C1. The van der Waals surface area contributed by atoms with Crippen LogP contribution in [0.15, 0.2) is 30.3 Å². The summed E-state index contributed by atoms with van der Waals surface area (Å²) in [5.41, 5.74) is -0.678. The van der Waals surface area contributed by atoms with Crippen molar-refractivity contribution >= 4 is 0 Å². The van der Waals surface area contributed by atoms with Gasteiger partial charge in [0, 0.05) is 13.1 Å². The van der Waals surface area contributed by atoms with Gasteiger partial charge in [-0.2, -0.15) is 5.26 Å². The second-order valence-electron chi connectivity index (χ2n) is 7.19. The lowest BCUT2D eigenvalue weighted by molar-refractivity contribution is -0.200. The number of aliphatic hydroxyl groups is 1. The number of fused-ring (bicyclic) bond motifs is 1. The van der Waals surface area contributed by atoms with Crippen LogP contribution in [0.2, 0.25) is 0 Å². The summed E-state index contributed by atoms with van der Waals surface area (Å²) in [6.07, 6.45) is 2.49. The predicted molar refractivity (Wildman–Crippen MR) is 85.4 cm³/mol. The number of rotatable bonds is 2. The third-order valence-corrected chi connectivity index (χ3v) is 5.73. The molecule has 122 valence electrons. The fourth-order valence-corrected chi connectivity index (χ4v) is 4.69. The molecule has 3 saturated heterocycles. The van der Waals surface area contributed by atoms with E-state index in [4.69, 9.17) is 4.74 Å². The number of piperidine rings is 1. The molecule has 0 radical (unpaired) electrons. The minimum atomic E-state index is -0.976. The van der Waals surface area contributed by atoms with Crippen LogP contribution in [-0.4, -0.2) is 59.0 Å². The Balaban J connectivity index is 1.75. The molecular weight excluding hydrogens is 290 g/mol. The van der Waals surface area contributed by atoms with E-state index in [2.05, 4.69) is 28.0 Å². The average molecular weight is 313 g/mol. The van der Waals surface area contributed by atoms with E-state index in [1.54, 1.807) is 0 Å². The van der Waals surface area contributed by atoms with Gasteiger partial charge in [0.05, 0.1) is 18.7 Å². The van der Waals surface area contributed by atoms with Gasteiger partial charge in [0.1, 0.15) is 17.4 Å². The number of nitrogens with zero attached hydrogens (tertiary/aromatic N) is 3. The van der Waals surface area contributed by atoms with Gasteiger partial charge in [-0.05, 0) is 31.9 Å². The Morgan fingerprint density at radius 2 is 2.04 bits per heavy atom. The molecule has 0 aliphatic carbocycles. The van der Waals surface area contributed by atoms with Crippen molar-refractivity contribution in [1.82, 2.24) is 9.80 Å². The highest BCUT2D eigenvalue weighted by Crippen LogP contribution is 2.50. The molecule has 0 amide bonds. The van der Waals surface area contributed by atoms with Gasteiger partial charge in [-0.25, -0.2) is 4.90 Å². The molecule has 0 unspecified atom stereocenters. The van der Waals surface area contributed by atoms with Crippen LogP contribution >= 0.6 is 0 Å². The van der Waals surface area contributed by atoms with Gasteiger partial charge >= 0.3 is 0 Å². The van der Waals surface area contributed by atoms with E-state index in [1.807, 2.05) is 25.2 Å². The van der Waals surface area contributed by atoms with Crippen LogP contribution in [-0.2, 0) is 4.74 Å². The molecule has 3 atom stereocenters. The number of hydrogen-bond donors (Lipinski definition) is 1. The zero-order valence-corrected chi connectivity index (χ0v) is 13.5. The first-order valence-electron chi connectivity index (χ1n) is 8.37. The zero-order valence-electron chi connectivity index (χ0n) is 13.5. The van der Waals surface area contributed by atoms with Gasteiger partial charge in [-0.3, -0.25) is 0 Å². The number of benzene rings is 1. The molecule has 23 heavy (non-hydrogen) atoms. The smallest absolute Gasteiger partial charge is 0.143 e. The van der Waals surface area contributed by atoms with Crippen molar-refractivity contribution in [3.8, 4) is 6.07 Å². The quantitative estimate of drug-likeness (QED) is 0.897. The first kappa shape index (κ1) is 15.1. The molecule has 1 aromatic rings. The summed E-state index contributed by atoms with van der Waals surface area (Å²) in [5, 5.41) is 21.3. The molecule has 1 N–H and O–H groups in total.